The molecule has 0 unspecified atom stereocenters. The highest BCUT2D eigenvalue weighted by atomic mass is 16.4. The molecule has 1 saturated heterocycles. The topological polar surface area (TPSA) is 78.5 Å². The Kier molecular flexibility index (Phi) is 3.74. The van der Waals surface area contributed by atoms with Crippen LogP contribution in [-0.4, -0.2) is 46.5 Å². The smallest absolute Gasteiger partial charge is 0.318 e. The second-order valence-electron chi connectivity index (χ2n) is 5.60. The highest BCUT2D eigenvalue weighted by Crippen LogP contribution is 2.24. The molecule has 1 aromatic carbocycles. The van der Waals surface area contributed by atoms with Gasteiger partial charge < -0.3 is 19.3 Å². The lowest BCUT2D eigenvalue weighted by Gasteiger charge is -2.34. The van der Waals surface area contributed by atoms with E-state index in [1.807, 2.05) is 24.4 Å². The van der Waals surface area contributed by atoms with Crippen LogP contribution in [0, 0.1) is 0 Å². The zero-order valence-corrected chi connectivity index (χ0v) is 13.0. The number of rotatable bonds is 3. The summed E-state index contributed by atoms with van der Waals surface area (Å²) >= 11 is 0. The number of aromatic hydroxyl groups is 1. The Bertz CT molecular complexity index is 795. The summed E-state index contributed by atoms with van der Waals surface area (Å²) < 4.78 is 5.78. The Morgan fingerprint density at radius 3 is 2.33 bits per heavy atom. The SMILES string of the molecule is Oc1ccc(-c2nnc(N3CCN(c4ccccn4)CC3)o2)cc1. The van der Waals surface area contributed by atoms with Crippen LogP contribution >= 0.6 is 0 Å². The van der Waals surface area contributed by atoms with Crippen LogP contribution in [0.4, 0.5) is 11.8 Å². The van der Waals surface area contributed by atoms with E-state index in [1.54, 1.807) is 24.3 Å². The first-order chi connectivity index (χ1) is 11.8. The van der Waals surface area contributed by atoms with Gasteiger partial charge in [0.2, 0.25) is 5.89 Å². The van der Waals surface area contributed by atoms with Crippen molar-refractivity contribution in [3.63, 3.8) is 0 Å². The number of pyridine rings is 1. The van der Waals surface area contributed by atoms with E-state index in [2.05, 4.69) is 25.0 Å². The first-order valence-electron chi connectivity index (χ1n) is 7.83. The number of aromatic nitrogens is 3. The monoisotopic (exact) mass is 323 g/mol. The minimum absolute atomic E-state index is 0.212. The van der Waals surface area contributed by atoms with Crippen molar-refractivity contribution in [3.8, 4) is 17.2 Å². The number of phenolic OH excluding ortho intramolecular Hbond substituents is 1. The fraction of sp³-hybridized carbons (Fsp3) is 0.235. The van der Waals surface area contributed by atoms with Gasteiger partial charge in [0.1, 0.15) is 11.6 Å². The van der Waals surface area contributed by atoms with Gasteiger partial charge in [0.05, 0.1) is 0 Å². The molecule has 7 nitrogen and oxygen atoms in total. The molecule has 3 heterocycles. The van der Waals surface area contributed by atoms with Crippen LogP contribution in [0.1, 0.15) is 0 Å². The van der Waals surface area contributed by atoms with Gasteiger partial charge in [-0.3, -0.25) is 0 Å². The molecule has 0 amide bonds. The van der Waals surface area contributed by atoms with Gasteiger partial charge in [0, 0.05) is 37.9 Å². The fourth-order valence-electron chi connectivity index (χ4n) is 2.73. The third-order valence-electron chi connectivity index (χ3n) is 4.05. The van der Waals surface area contributed by atoms with E-state index < -0.39 is 0 Å². The molecule has 1 fully saturated rings. The molecule has 3 aromatic rings. The van der Waals surface area contributed by atoms with Gasteiger partial charge in [0.25, 0.3) is 0 Å². The van der Waals surface area contributed by atoms with E-state index in [-0.39, 0.29) is 5.75 Å². The number of hydrogen-bond donors (Lipinski definition) is 1. The molecular weight excluding hydrogens is 306 g/mol. The molecule has 1 aliphatic heterocycles. The molecule has 0 atom stereocenters. The molecule has 122 valence electrons. The van der Waals surface area contributed by atoms with Gasteiger partial charge in [-0.25, -0.2) is 4.98 Å². The summed E-state index contributed by atoms with van der Waals surface area (Å²) in [6, 6.07) is 13.2. The zero-order chi connectivity index (χ0) is 16.4. The second-order valence-corrected chi connectivity index (χ2v) is 5.60. The maximum Gasteiger partial charge on any atom is 0.318 e. The number of hydrogen-bond acceptors (Lipinski definition) is 7. The first-order valence-corrected chi connectivity index (χ1v) is 7.83. The van der Waals surface area contributed by atoms with Crippen LogP contribution in [0.25, 0.3) is 11.5 Å². The molecular formula is C17H17N5O2. The standard InChI is InChI=1S/C17H17N5O2/c23-14-6-4-13(5-7-14)16-19-20-17(24-16)22-11-9-21(10-12-22)15-3-1-2-8-18-15/h1-8,23H,9-12H2. The lowest BCUT2D eigenvalue weighted by Crippen LogP contribution is -2.47. The molecule has 2 aromatic heterocycles. The minimum atomic E-state index is 0.212. The molecule has 24 heavy (non-hydrogen) atoms. The second kappa shape index (κ2) is 6.19. The predicted octanol–water partition coefficient (Wildman–Crippen LogP) is 2.16. The lowest BCUT2D eigenvalue weighted by atomic mass is 10.2. The van der Waals surface area contributed by atoms with Crippen molar-refractivity contribution in [1.82, 2.24) is 15.2 Å². The largest absolute Gasteiger partial charge is 0.508 e. The predicted molar refractivity (Wildman–Crippen MR) is 90.1 cm³/mol. The maximum absolute atomic E-state index is 9.35. The van der Waals surface area contributed by atoms with Crippen LogP contribution < -0.4 is 9.80 Å². The van der Waals surface area contributed by atoms with Crippen molar-refractivity contribution < 1.29 is 9.52 Å². The molecule has 4 rings (SSSR count). The normalized spacial score (nSPS) is 14.8. The molecule has 7 heteroatoms. The van der Waals surface area contributed by atoms with Gasteiger partial charge in [-0.05, 0) is 36.4 Å². The summed E-state index contributed by atoms with van der Waals surface area (Å²) in [7, 11) is 0. The number of anilines is 2. The lowest BCUT2D eigenvalue weighted by molar-refractivity contribution is 0.475. The van der Waals surface area contributed by atoms with E-state index in [4.69, 9.17) is 4.42 Å². The van der Waals surface area contributed by atoms with Gasteiger partial charge in [-0.2, -0.15) is 0 Å². The molecule has 1 N–H and O–H groups in total. The molecule has 1 aliphatic rings. The summed E-state index contributed by atoms with van der Waals surface area (Å²) in [6.07, 6.45) is 1.81. The van der Waals surface area contributed by atoms with Crippen LogP contribution in [-0.2, 0) is 0 Å². The van der Waals surface area contributed by atoms with Gasteiger partial charge in [0.15, 0.2) is 0 Å². The summed E-state index contributed by atoms with van der Waals surface area (Å²) in [6.45, 7) is 3.31. The third kappa shape index (κ3) is 2.88. The molecule has 0 saturated carbocycles. The molecule has 0 bridgehead atoms. The highest BCUT2D eigenvalue weighted by Gasteiger charge is 2.22. The summed E-state index contributed by atoms with van der Waals surface area (Å²) in [5.74, 6) is 1.66. The summed E-state index contributed by atoms with van der Waals surface area (Å²) in [4.78, 5) is 8.71. The first kappa shape index (κ1) is 14.5. The van der Waals surface area contributed by atoms with Crippen molar-refractivity contribution in [2.75, 3.05) is 36.0 Å². The zero-order valence-electron chi connectivity index (χ0n) is 13.0. The van der Waals surface area contributed by atoms with Crippen LogP contribution in [0.15, 0.2) is 53.1 Å². The van der Waals surface area contributed by atoms with E-state index in [0.717, 1.165) is 37.6 Å². The highest BCUT2D eigenvalue weighted by molar-refractivity contribution is 5.55. The third-order valence-corrected chi connectivity index (χ3v) is 4.05. The van der Waals surface area contributed by atoms with Crippen LogP contribution in [0.5, 0.6) is 5.75 Å². The molecule has 0 aliphatic carbocycles. The van der Waals surface area contributed by atoms with Gasteiger partial charge in [-0.15, -0.1) is 5.10 Å². The average molecular weight is 323 g/mol. The maximum atomic E-state index is 9.35. The van der Waals surface area contributed by atoms with Gasteiger partial charge >= 0.3 is 6.01 Å². The van der Waals surface area contributed by atoms with E-state index in [1.165, 1.54) is 0 Å². The number of phenols is 1. The van der Waals surface area contributed by atoms with Crippen molar-refractivity contribution >= 4 is 11.8 Å². The quantitative estimate of drug-likeness (QED) is 0.791. The van der Waals surface area contributed by atoms with Gasteiger partial charge in [-0.1, -0.05) is 11.2 Å². The average Bonchev–Trinajstić information content (AvgIpc) is 3.13. The van der Waals surface area contributed by atoms with E-state index in [0.29, 0.717) is 11.9 Å². The molecule has 0 spiro atoms. The minimum Gasteiger partial charge on any atom is -0.508 e. The Morgan fingerprint density at radius 1 is 0.875 bits per heavy atom. The number of nitrogens with zero attached hydrogens (tertiary/aromatic N) is 5. The Hall–Kier alpha value is -3.09. The van der Waals surface area contributed by atoms with Crippen molar-refractivity contribution in [2.24, 2.45) is 0 Å². The summed E-state index contributed by atoms with van der Waals surface area (Å²) in [5, 5.41) is 17.6. The molecule has 0 radical (unpaired) electrons. The van der Waals surface area contributed by atoms with Crippen molar-refractivity contribution in [3.05, 3.63) is 48.7 Å². The van der Waals surface area contributed by atoms with E-state index >= 15 is 0 Å². The fourth-order valence-corrected chi connectivity index (χ4v) is 2.73. The van der Waals surface area contributed by atoms with Crippen molar-refractivity contribution in [1.29, 1.82) is 0 Å². The van der Waals surface area contributed by atoms with Crippen molar-refractivity contribution in [2.45, 2.75) is 0 Å². The Balaban J connectivity index is 1.44. The number of piperazine rings is 1. The van der Waals surface area contributed by atoms with E-state index in [9.17, 15) is 5.11 Å². The Morgan fingerprint density at radius 2 is 1.62 bits per heavy atom. The summed E-state index contributed by atoms with van der Waals surface area (Å²) in [5.41, 5.74) is 0.790. The van der Waals surface area contributed by atoms with Crippen LogP contribution in [0.2, 0.25) is 0 Å². The van der Waals surface area contributed by atoms with Crippen LogP contribution in [0.3, 0.4) is 0 Å². The number of benzene rings is 1. The Labute approximate surface area is 139 Å².